The summed E-state index contributed by atoms with van der Waals surface area (Å²) >= 11 is 9.52. The van der Waals surface area contributed by atoms with Gasteiger partial charge in [0, 0.05) is 28.1 Å². The number of likely N-dealkylation sites (N-methyl/N-ethyl adjacent to an activating group) is 1. The Labute approximate surface area is 117 Å². The molecule has 1 aromatic carbocycles. The summed E-state index contributed by atoms with van der Waals surface area (Å²) in [5.41, 5.74) is 7.10. The average Bonchev–Trinajstić information content (AvgIpc) is 2.31. The molecule has 0 aliphatic rings. The van der Waals surface area contributed by atoms with Crippen LogP contribution >= 0.6 is 27.5 Å². The number of nitrogens with two attached hydrogens (primary N) is 1. The van der Waals surface area contributed by atoms with Crippen LogP contribution in [0.5, 0.6) is 0 Å². The van der Waals surface area contributed by atoms with Crippen molar-refractivity contribution < 1.29 is 0 Å². The van der Waals surface area contributed by atoms with Gasteiger partial charge in [0.15, 0.2) is 0 Å². The maximum atomic E-state index is 5.96. The summed E-state index contributed by atoms with van der Waals surface area (Å²) in [5.74, 6) is 0. The van der Waals surface area contributed by atoms with Crippen molar-refractivity contribution in [3.05, 3.63) is 33.3 Å². The van der Waals surface area contributed by atoms with E-state index < -0.39 is 0 Å². The van der Waals surface area contributed by atoms with Crippen LogP contribution in [-0.4, -0.2) is 24.5 Å². The van der Waals surface area contributed by atoms with Crippen molar-refractivity contribution in [2.75, 3.05) is 13.6 Å². The molecule has 17 heavy (non-hydrogen) atoms. The third-order valence-corrected chi connectivity index (χ3v) is 4.24. The van der Waals surface area contributed by atoms with Crippen LogP contribution < -0.4 is 5.73 Å². The summed E-state index contributed by atoms with van der Waals surface area (Å²) in [4.78, 5) is 2.31. The molecule has 0 saturated heterocycles. The number of hydrogen-bond acceptors (Lipinski definition) is 2. The number of hydrogen-bond donors (Lipinski definition) is 1. The maximum absolute atomic E-state index is 5.96. The molecule has 2 N–H and O–H groups in total. The summed E-state index contributed by atoms with van der Waals surface area (Å²) in [5, 5.41) is 0.739. The molecule has 0 fully saturated rings. The number of halogens is 2. The second kappa shape index (κ2) is 6.74. The monoisotopic (exact) mass is 318 g/mol. The van der Waals surface area contributed by atoms with Gasteiger partial charge in [0.1, 0.15) is 0 Å². The van der Waals surface area contributed by atoms with E-state index in [1.807, 2.05) is 18.2 Å². The smallest absolute Gasteiger partial charge is 0.0481 e. The number of rotatable bonds is 5. The molecule has 0 spiro atoms. The predicted octanol–water partition coefficient (Wildman–Crippen LogP) is 3.83. The molecule has 0 bridgehead atoms. The number of benzene rings is 1. The van der Waals surface area contributed by atoms with Gasteiger partial charge in [0.2, 0.25) is 0 Å². The van der Waals surface area contributed by atoms with Crippen molar-refractivity contribution in [3.8, 4) is 0 Å². The minimum absolute atomic E-state index is 0.219. The standard InChI is InChI=1S/C13H20BrClN2/c1-4-9(2)17(3)13(8-16)11-6-5-10(15)7-12(11)14/h5-7,9,13H,4,8,16H2,1-3H3. The summed E-state index contributed by atoms with van der Waals surface area (Å²) in [7, 11) is 2.12. The molecule has 0 amide bonds. The van der Waals surface area contributed by atoms with Crippen molar-refractivity contribution in [2.24, 2.45) is 5.73 Å². The van der Waals surface area contributed by atoms with Gasteiger partial charge in [-0.3, -0.25) is 4.90 Å². The van der Waals surface area contributed by atoms with E-state index in [0.717, 1.165) is 15.9 Å². The Morgan fingerprint density at radius 2 is 2.12 bits per heavy atom. The zero-order valence-corrected chi connectivity index (χ0v) is 12.9. The van der Waals surface area contributed by atoms with Gasteiger partial charge >= 0.3 is 0 Å². The van der Waals surface area contributed by atoms with Crippen molar-refractivity contribution in [2.45, 2.75) is 32.4 Å². The van der Waals surface area contributed by atoms with Crippen LogP contribution in [0, 0.1) is 0 Å². The fourth-order valence-electron chi connectivity index (χ4n) is 1.88. The third-order valence-electron chi connectivity index (χ3n) is 3.32. The molecular weight excluding hydrogens is 300 g/mol. The summed E-state index contributed by atoms with van der Waals surface area (Å²) in [6.07, 6.45) is 1.11. The lowest BCUT2D eigenvalue weighted by Gasteiger charge is -2.32. The highest BCUT2D eigenvalue weighted by Gasteiger charge is 2.21. The molecule has 2 nitrogen and oxygen atoms in total. The molecule has 0 aliphatic heterocycles. The van der Waals surface area contributed by atoms with E-state index in [1.54, 1.807) is 0 Å². The molecule has 0 aromatic heterocycles. The quantitative estimate of drug-likeness (QED) is 0.893. The Morgan fingerprint density at radius 1 is 1.47 bits per heavy atom. The fourth-order valence-corrected chi connectivity index (χ4v) is 2.83. The minimum Gasteiger partial charge on any atom is -0.329 e. The molecular formula is C13H20BrClN2. The Balaban J connectivity index is 3.01. The second-order valence-electron chi connectivity index (χ2n) is 4.34. The van der Waals surface area contributed by atoms with E-state index in [2.05, 4.69) is 41.7 Å². The van der Waals surface area contributed by atoms with Crippen LogP contribution in [0.15, 0.2) is 22.7 Å². The molecule has 2 atom stereocenters. The molecule has 1 rings (SSSR count). The normalized spacial score (nSPS) is 15.0. The van der Waals surface area contributed by atoms with E-state index in [4.69, 9.17) is 17.3 Å². The summed E-state index contributed by atoms with van der Waals surface area (Å²) in [6.45, 7) is 5.00. The number of nitrogens with zero attached hydrogens (tertiary/aromatic N) is 1. The topological polar surface area (TPSA) is 29.3 Å². The van der Waals surface area contributed by atoms with Crippen molar-refractivity contribution in [3.63, 3.8) is 0 Å². The minimum atomic E-state index is 0.219. The van der Waals surface area contributed by atoms with E-state index in [9.17, 15) is 0 Å². The van der Waals surface area contributed by atoms with Crippen molar-refractivity contribution >= 4 is 27.5 Å². The Hall–Kier alpha value is -0.0900. The van der Waals surface area contributed by atoms with E-state index in [0.29, 0.717) is 12.6 Å². The van der Waals surface area contributed by atoms with Gasteiger partial charge in [0.25, 0.3) is 0 Å². The Morgan fingerprint density at radius 3 is 2.59 bits per heavy atom. The van der Waals surface area contributed by atoms with Crippen LogP contribution in [0.2, 0.25) is 5.02 Å². The Kier molecular flexibility index (Phi) is 5.93. The first kappa shape index (κ1) is 15.0. The van der Waals surface area contributed by atoms with Crippen LogP contribution in [0.4, 0.5) is 0 Å². The molecule has 96 valence electrons. The van der Waals surface area contributed by atoms with Gasteiger partial charge in [-0.2, -0.15) is 0 Å². The van der Waals surface area contributed by atoms with Gasteiger partial charge in [0.05, 0.1) is 0 Å². The molecule has 0 aliphatic carbocycles. The average molecular weight is 320 g/mol. The van der Waals surface area contributed by atoms with Gasteiger partial charge < -0.3 is 5.73 Å². The van der Waals surface area contributed by atoms with E-state index >= 15 is 0 Å². The van der Waals surface area contributed by atoms with Gasteiger partial charge in [-0.1, -0.05) is 40.5 Å². The Bertz CT molecular complexity index is 370. The lowest BCUT2D eigenvalue weighted by molar-refractivity contribution is 0.184. The fraction of sp³-hybridized carbons (Fsp3) is 0.538. The van der Waals surface area contributed by atoms with Crippen molar-refractivity contribution in [1.82, 2.24) is 4.90 Å². The first-order valence-corrected chi connectivity index (χ1v) is 7.05. The first-order valence-electron chi connectivity index (χ1n) is 5.88. The molecule has 1 aromatic rings. The van der Waals surface area contributed by atoms with E-state index in [-0.39, 0.29) is 6.04 Å². The van der Waals surface area contributed by atoms with Crippen LogP contribution in [-0.2, 0) is 0 Å². The zero-order valence-electron chi connectivity index (χ0n) is 10.6. The lowest BCUT2D eigenvalue weighted by Crippen LogP contribution is -2.36. The largest absolute Gasteiger partial charge is 0.329 e. The SMILES string of the molecule is CCC(C)N(C)C(CN)c1ccc(Cl)cc1Br. The molecule has 0 saturated carbocycles. The maximum Gasteiger partial charge on any atom is 0.0481 e. The lowest BCUT2D eigenvalue weighted by atomic mass is 10.0. The highest BCUT2D eigenvalue weighted by Crippen LogP contribution is 2.30. The third kappa shape index (κ3) is 3.68. The summed E-state index contributed by atoms with van der Waals surface area (Å²) in [6, 6.07) is 6.60. The zero-order chi connectivity index (χ0) is 13.0. The molecule has 0 heterocycles. The van der Waals surface area contributed by atoms with Crippen LogP contribution in [0.3, 0.4) is 0 Å². The van der Waals surface area contributed by atoms with Crippen LogP contribution in [0.25, 0.3) is 0 Å². The van der Waals surface area contributed by atoms with Gasteiger partial charge in [-0.15, -0.1) is 0 Å². The second-order valence-corrected chi connectivity index (χ2v) is 5.63. The predicted molar refractivity (Wildman–Crippen MR) is 78.5 cm³/mol. The molecule has 2 unspecified atom stereocenters. The van der Waals surface area contributed by atoms with E-state index in [1.165, 1.54) is 5.56 Å². The van der Waals surface area contributed by atoms with Gasteiger partial charge in [-0.25, -0.2) is 0 Å². The molecule has 0 radical (unpaired) electrons. The van der Waals surface area contributed by atoms with Crippen LogP contribution in [0.1, 0.15) is 31.9 Å². The molecule has 4 heteroatoms. The highest BCUT2D eigenvalue weighted by atomic mass is 79.9. The first-order chi connectivity index (χ1) is 8.01. The summed E-state index contributed by atoms with van der Waals surface area (Å²) < 4.78 is 1.02. The van der Waals surface area contributed by atoms with Gasteiger partial charge in [-0.05, 0) is 38.1 Å². The van der Waals surface area contributed by atoms with Crippen molar-refractivity contribution in [1.29, 1.82) is 0 Å². The highest BCUT2D eigenvalue weighted by molar-refractivity contribution is 9.10.